The zero-order chi connectivity index (χ0) is 22.4. The smallest absolute Gasteiger partial charge is 0.317 e. The summed E-state index contributed by atoms with van der Waals surface area (Å²) in [5.74, 6) is -1.93. The third kappa shape index (κ3) is 5.10. The van der Waals surface area contributed by atoms with Crippen molar-refractivity contribution in [2.75, 3.05) is 11.9 Å². The number of hydrogen-bond acceptors (Lipinski definition) is 4. The minimum absolute atomic E-state index is 0.0572. The summed E-state index contributed by atoms with van der Waals surface area (Å²) in [7, 11) is 0. The van der Waals surface area contributed by atoms with E-state index < -0.39 is 29.7 Å². The van der Waals surface area contributed by atoms with E-state index in [0.717, 1.165) is 12.8 Å². The van der Waals surface area contributed by atoms with Crippen LogP contribution in [-0.4, -0.2) is 30.4 Å². The molecular formula is C24H27FN2O4. The predicted molar refractivity (Wildman–Crippen MR) is 115 cm³/mol. The minimum atomic E-state index is -1.07. The second kappa shape index (κ2) is 9.73. The summed E-state index contributed by atoms with van der Waals surface area (Å²) in [6.07, 6.45) is 2.53. The molecule has 0 bridgehead atoms. The number of esters is 1. The number of carbonyl (C=O) groups excluding carboxylic acids is 3. The first kappa shape index (κ1) is 22.5. The van der Waals surface area contributed by atoms with Gasteiger partial charge in [0.25, 0.3) is 11.8 Å². The molecule has 0 spiro atoms. The van der Waals surface area contributed by atoms with Crippen molar-refractivity contribution < 1.29 is 23.5 Å². The summed E-state index contributed by atoms with van der Waals surface area (Å²) in [6.45, 7) is 3.16. The van der Waals surface area contributed by atoms with E-state index >= 15 is 0 Å². The van der Waals surface area contributed by atoms with Crippen LogP contribution in [-0.2, 0) is 19.7 Å². The van der Waals surface area contributed by atoms with E-state index in [1.165, 1.54) is 6.07 Å². The Morgan fingerprint density at radius 1 is 1.03 bits per heavy atom. The van der Waals surface area contributed by atoms with Crippen molar-refractivity contribution in [3.63, 3.8) is 0 Å². The van der Waals surface area contributed by atoms with Gasteiger partial charge in [-0.3, -0.25) is 14.4 Å². The van der Waals surface area contributed by atoms with E-state index in [9.17, 15) is 18.8 Å². The first-order chi connectivity index (χ1) is 14.8. The van der Waals surface area contributed by atoms with Gasteiger partial charge in [-0.15, -0.1) is 0 Å². The Hall–Kier alpha value is -3.22. The average molecular weight is 426 g/mol. The van der Waals surface area contributed by atoms with Gasteiger partial charge in [0.2, 0.25) is 0 Å². The lowest BCUT2D eigenvalue weighted by atomic mass is 9.78. The molecule has 0 radical (unpaired) electrons. The third-order valence-electron chi connectivity index (χ3n) is 5.44. The quantitative estimate of drug-likeness (QED) is 0.657. The molecule has 2 aromatic rings. The first-order valence-corrected chi connectivity index (χ1v) is 10.5. The van der Waals surface area contributed by atoms with Crippen molar-refractivity contribution in [2.45, 2.75) is 51.0 Å². The van der Waals surface area contributed by atoms with Crippen LogP contribution in [0.5, 0.6) is 0 Å². The molecule has 6 nitrogen and oxygen atoms in total. The van der Waals surface area contributed by atoms with Crippen LogP contribution in [0, 0.1) is 5.82 Å². The molecule has 0 heterocycles. The highest BCUT2D eigenvalue weighted by atomic mass is 19.1. The molecule has 2 N–H and O–H groups in total. The lowest BCUT2D eigenvalue weighted by Crippen LogP contribution is -2.37. The summed E-state index contributed by atoms with van der Waals surface area (Å²) in [5.41, 5.74) is -0.116. The van der Waals surface area contributed by atoms with E-state index in [0.29, 0.717) is 29.7 Å². The van der Waals surface area contributed by atoms with Crippen LogP contribution in [0.3, 0.4) is 0 Å². The Labute approximate surface area is 181 Å². The van der Waals surface area contributed by atoms with Crippen molar-refractivity contribution in [3.05, 3.63) is 65.5 Å². The van der Waals surface area contributed by atoms with Gasteiger partial charge in [0, 0.05) is 11.6 Å². The maximum Gasteiger partial charge on any atom is 0.317 e. The molecule has 7 heteroatoms. The largest absolute Gasteiger partial charge is 0.455 e. The highest BCUT2D eigenvalue weighted by Crippen LogP contribution is 2.43. The number of halogens is 1. The number of benzene rings is 2. The number of nitrogens with one attached hydrogen (secondary N) is 2. The molecule has 1 aliphatic rings. The predicted octanol–water partition coefficient (Wildman–Crippen LogP) is 3.96. The van der Waals surface area contributed by atoms with Gasteiger partial charge in [-0.1, -0.05) is 43.2 Å². The third-order valence-corrected chi connectivity index (χ3v) is 5.44. The molecular weight excluding hydrogens is 399 g/mol. The molecule has 1 aliphatic carbocycles. The van der Waals surface area contributed by atoms with E-state index in [-0.39, 0.29) is 11.9 Å². The van der Waals surface area contributed by atoms with Gasteiger partial charge in [-0.2, -0.15) is 0 Å². The fourth-order valence-electron chi connectivity index (χ4n) is 4.00. The van der Waals surface area contributed by atoms with E-state index in [2.05, 4.69) is 10.6 Å². The number of ether oxygens (including phenoxy) is 1. The van der Waals surface area contributed by atoms with E-state index in [1.807, 2.05) is 13.8 Å². The molecule has 0 saturated heterocycles. The van der Waals surface area contributed by atoms with Gasteiger partial charge in [0.05, 0.1) is 16.7 Å². The van der Waals surface area contributed by atoms with E-state index in [1.54, 1.807) is 42.5 Å². The molecule has 3 rings (SSSR count). The standard InChI is InChI=1S/C24H27FN2O4/c1-16(2)26-22(29)17-9-3-6-12-20(17)27-21(28)15-31-23(30)24(13-7-8-14-24)18-10-4-5-11-19(18)25/h3-6,9-12,16H,7-8,13-15H2,1-2H3,(H,26,29)(H,27,28). The van der Waals surface area contributed by atoms with Gasteiger partial charge >= 0.3 is 5.97 Å². The maximum atomic E-state index is 14.4. The summed E-state index contributed by atoms with van der Waals surface area (Å²) in [4.78, 5) is 37.7. The average Bonchev–Trinajstić information content (AvgIpc) is 3.23. The number of rotatable bonds is 7. The molecule has 1 saturated carbocycles. The molecule has 31 heavy (non-hydrogen) atoms. The lowest BCUT2D eigenvalue weighted by Gasteiger charge is -2.27. The van der Waals surface area contributed by atoms with Crippen molar-refractivity contribution in [1.29, 1.82) is 0 Å². The summed E-state index contributed by atoms with van der Waals surface area (Å²) in [6, 6.07) is 12.7. The number of para-hydroxylation sites is 1. The fourth-order valence-corrected chi connectivity index (χ4v) is 4.00. The molecule has 2 amide bonds. The summed E-state index contributed by atoms with van der Waals surface area (Å²) < 4.78 is 19.7. The van der Waals surface area contributed by atoms with Crippen LogP contribution in [0.15, 0.2) is 48.5 Å². The monoisotopic (exact) mass is 426 g/mol. The molecule has 164 valence electrons. The van der Waals surface area contributed by atoms with Crippen LogP contribution in [0.2, 0.25) is 0 Å². The maximum absolute atomic E-state index is 14.4. The van der Waals surface area contributed by atoms with Crippen LogP contribution in [0.25, 0.3) is 0 Å². The highest BCUT2D eigenvalue weighted by molar-refractivity contribution is 6.04. The summed E-state index contributed by atoms with van der Waals surface area (Å²) in [5, 5.41) is 5.40. The van der Waals surface area contributed by atoms with Gasteiger partial charge in [-0.25, -0.2) is 4.39 Å². The normalized spacial score (nSPS) is 14.8. The molecule has 0 aromatic heterocycles. The molecule has 2 aromatic carbocycles. The Bertz CT molecular complexity index is 968. The molecule has 0 atom stereocenters. The van der Waals surface area contributed by atoms with Crippen molar-refractivity contribution in [3.8, 4) is 0 Å². The topological polar surface area (TPSA) is 84.5 Å². The molecule has 0 aliphatic heterocycles. The number of anilines is 1. The Morgan fingerprint density at radius 3 is 2.35 bits per heavy atom. The Balaban J connectivity index is 1.68. The number of hydrogen-bond donors (Lipinski definition) is 2. The van der Waals surface area contributed by atoms with Crippen molar-refractivity contribution >= 4 is 23.5 Å². The lowest BCUT2D eigenvalue weighted by molar-refractivity contribution is -0.153. The number of amides is 2. The minimum Gasteiger partial charge on any atom is -0.455 e. The van der Waals surface area contributed by atoms with Crippen LogP contribution >= 0.6 is 0 Å². The SMILES string of the molecule is CC(C)NC(=O)c1ccccc1NC(=O)COC(=O)C1(c2ccccc2F)CCCC1. The summed E-state index contributed by atoms with van der Waals surface area (Å²) >= 11 is 0. The second-order valence-electron chi connectivity index (χ2n) is 8.07. The Kier molecular flexibility index (Phi) is 7.05. The highest BCUT2D eigenvalue weighted by Gasteiger charge is 2.45. The zero-order valence-corrected chi connectivity index (χ0v) is 17.7. The van der Waals surface area contributed by atoms with Gasteiger partial charge in [0.1, 0.15) is 5.82 Å². The van der Waals surface area contributed by atoms with Crippen molar-refractivity contribution in [1.82, 2.24) is 5.32 Å². The van der Waals surface area contributed by atoms with Gasteiger partial charge < -0.3 is 15.4 Å². The van der Waals surface area contributed by atoms with E-state index in [4.69, 9.17) is 4.74 Å². The Morgan fingerprint density at radius 2 is 1.68 bits per heavy atom. The fraction of sp³-hybridized carbons (Fsp3) is 0.375. The van der Waals surface area contributed by atoms with Gasteiger partial charge in [0.15, 0.2) is 6.61 Å². The van der Waals surface area contributed by atoms with Crippen LogP contribution < -0.4 is 10.6 Å². The first-order valence-electron chi connectivity index (χ1n) is 10.5. The zero-order valence-electron chi connectivity index (χ0n) is 17.7. The number of carbonyl (C=O) groups is 3. The second-order valence-corrected chi connectivity index (χ2v) is 8.07. The molecule has 1 fully saturated rings. The van der Waals surface area contributed by atoms with Gasteiger partial charge in [-0.05, 0) is 44.9 Å². The van der Waals surface area contributed by atoms with Crippen LogP contribution in [0.4, 0.5) is 10.1 Å². The van der Waals surface area contributed by atoms with Crippen molar-refractivity contribution in [2.24, 2.45) is 0 Å². The van der Waals surface area contributed by atoms with Crippen LogP contribution in [0.1, 0.15) is 55.5 Å². The molecule has 0 unspecified atom stereocenters.